The van der Waals surface area contributed by atoms with E-state index in [2.05, 4.69) is 15.9 Å². The summed E-state index contributed by atoms with van der Waals surface area (Å²) in [5.41, 5.74) is 2.05. The molecule has 0 fully saturated rings. The van der Waals surface area contributed by atoms with E-state index < -0.39 is 0 Å². The van der Waals surface area contributed by atoms with E-state index in [9.17, 15) is 13.6 Å². The number of halogens is 3. The quantitative estimate of drug-likeness (QED) is 0.595. The molecule has 5 heteroatoms. The molecular formula is C20H14BrF2NO. The molecule has 1 heterocycles. The first-order valence-electron chi connectivity index (χ1n) is 7.60. The van der Waals surface area contributed by atoms with Crippen molar-refractivity contribution in [3.05, 3.63) is 104 Å². The summed E-state index contributed by atoms with van der Waals surface area (Å²) in [4.78, 5) is 12.5. The van der Waals surface area contributed by atoms with Crippen LogP contribution >= 0.6 is 15.9 Å². The van der Waals surface area contributed by atoms with Crippen LogP contribution in [0.5, 0.6) is 0 Å². The summed E-state index contributed by atoms with van der Waals surface area (Å²) in [6.07, 6.45) is 5.25. The number of rotatable bonds is 4. The van der Waals surface area contributed by atoms with Crippen LogP contribution in [0.1, 0.15) is 16.7 Å². The van der Waals surface area contributed by atoms with Crippen molar-refractivity contribution < 1.29 is 8.78 Å². The molecule has 3 aromatic rings. The average molecular weight is 402 g/mol. The molecule has 0 radical (unpaired) electrons. The fourth-order valence-corrected chi connectivity index (χ4v) is 2.90. The third-order valence-corrected chi connectivity index (χ3v) is 4.50. The lowest BCUT2D eigenvalue weighted by atomic mass is 10.1. The van der Waals surface area contributed by atoms with Crippen LogP contribution in [0.4, 0.5) is 8.78 Å². The van der Waals surface area contributed by atoms with Crippen molar-refractivity contribution in [1.82, 2.24) is 4.57 Å². The monoisotopic (exact) mass is 401 g/mol. The van der Waals surface area contributed by atoms with E-state index >= 15 is 0 Å². The van der Waals surface area contributed by atoms with Gasteiger partial charge in [-0.05, 0) is 63.0 Å². The third kappa shape index (κ3) is 4.31. The summed E-state index contributed by atoms with van der Waals surface area (Å²) in [7, 11) is 0. The maximum Gasteiger partial charge on any atom is 0.265 e. The lowest BCUT2D eigenvalue weighted by Gasteiger charge is -2.08. The average Bonchev–Trinajstić information content (AvgIpc) is 2.60. The second-order valence-electron chi connectivity index (χ2n) is 5.53. The molecule has 3 rings (SSSR count). The van der Waals surface area contributed by atoms with Gasteiger partial charge < -0.3 is 4.57 Å². The standard InChI is InChI=1S/C20H14BrF2NO/c21-19-16(7-4-14-5-8-17(22)9-6-14)10-11-24(20(19)25)13-15-2-1-3-18(23)12-15/h1-12H,13H2. The Balaban J connectivity index is 1.85. The van der Waals surface area contributed by atoms with Gasteiger partial charge in [-0.25, -0.2) is 8.78 Å². The third-order valence-electron chi connectivity index (χ3n) is 3.70. The highest BCUT2D eigenvalue weighted by Gasteiger charge is 2.06. The van der Waals surface area contributed by atoms with Crippen LogP contribution in [0.15, 0.2) is 70.1 Å². The van der Waals surface area contributed by atoms with Crippen LogP contribution in [0.3, 0.4) is 0 Å². The molecule has 126 valence electrons. The number of hydrogen-bond acceptors (Lipinski definition) is 1. The molecule has 0 aliphatic rings. The second-order valence-corrected chi connectivity index (χ2v) is 6.33. The number of nitrogens with zero attached hydrogens (tertiary/aromatic N) is 1. The Labute approximate surface area is 152 Å². The van der Waals surface area contributed by atoms with E-state index in [1.807, 2.05) is 0 Å². The Morgan fingerprint density at radius 1 is 0.960 bits per heavy atom. The van der Waals surface area contributed by atoms with Gasteiger partial charge in [0.05, 0.1) is 11.0 Å². The zero-order valence-electron chi connectivity index (χ0n) is 13.1. The molecule has 0 amide bonds. The Morgan fingerprint density at radius 2 is 1.72 bits per heavy atom. The molecule has 0 bridgehead atoms. The number of pyridine rings is 1. The molecule has 0 N–H and O–H groups in total. The minimum absolute atomic E-state index is 0.203. The predicted octanol–water partition coefficient (Wildman–Crippen LogP) is 5.11. The van der Waals surface area contributed by atoms with Gasteiger partial charge in [0.1, 0.15) is 11.6 Å². The van der Waals surface area contributed by atoms with Crippen molar-refractivity contribution in [2.24, 2.45) is 0 Å². The van der Waals surface area contributed by atoms with E-state index in [1.54, 1.807) is 48.7 Å². The fourth-order valence-electron chi connectivity index (χ4n) is 2.41. The van der Waals surface area contributed by atoms with Crippen LogP contribution in [-0.4, -0.2) is 4.57 Å². The molecule has 0 unspecified atom stereocenters. The molecule has 0 spiro atoms. The Hall–Kier alpha value is -2.53. The minimum atomic E-state index is -0.330. The van der Waals surface area contributed by atoms with Crippen LogP contribution in [0.25, 0.3) is 12.2 Å². The maximum absolute atomic E-state index is 13.3. The van der Waals surface area contributed by atoms with Crippen molar-refractivity contribution in [1.29, 1.82) is 0 Å². The minimum Gasteiger partial charge on any atom is -0.310 e. The summed E-state index contributed by atoms with van der Waals surface area (Å²) in [5.74, 6) is -0.623. The largest absolute Gasteiger partial charge is 0.310 e. The fraction of sp³-hybridized carbons (Fsp3) is 0.0500. The van der Waals surface area contributed by atoms with E-state index in [1.165, 1.54) is 28.8 Å². The summed E-state index contributed by atoms with van der Waals surface area (Å²) < 4.78 is 28.1. The van der Waals surface area contributed by atoms with Crippen molar-refractivity contribution in [3.63, 3.8) is 0 Å². The number of aromatic nitrogens is 1. The van der Waals surface area contributed by atoms with Crippen LogP contribution in [-0.2, 0) is 6.54 Å². The van der Waals surface area contributed by atoms with E-state index in [4.69, 9.17) is 0 Å². The zero-order valence-corrected chi connectivity index (χ0v) is 14.7. The molecule has 0 saturated heterocycles. The van der Waals surface area contributed by atoms with Gasteiger partial charge in [-0.2, -0.15) is 0 Å². The molecule has 2 nitrogen and oxygen atoms in total. The molecule has 25 heavy (non-hydrogen) atoms. The van der Waals surface area contributed by atoms with Gasteiger partial charge in [-0.1, -0.05) is 36.4 Å². The van der Waals surface area contributed by atoms with Crippen molar-refractivity contribution in [2.75, 3.05) is 0 Å². The Kier molecular flexibility index (Phi) is 5.24. The van der Waals surface area contributed by atoms with Gasteiger partial charge in [-0.15, -0.1) is 0 Å². The van der Waals surface area contributed by atoms with E-state index in [0.29, 0.717) is 15.6 Å². The predicted molar refractivity (Wildman–Crippen MR) is 99.2 cm³/mol. The topological polar surface area (TPSA) is 22.0 Å². The lowest BCUT2D eigenvalue weighted by Crippen LogP contribution is -2.21. The van der Waals surface area contributed by atoms with Crippen molar-refractivity contribution in [3.8, 4) is 0 Å². The maximum atomic E-state index is 13.3. The molecule has 2 aromatic carbocycles. The van der Waals surface area contributed by atoms with E-state index in [-0.39, 0.29) is 23.7 Å². The van der Waals surface area contributed by atoms with E-state index in [0.717, 1.165) is 5.56 Å². The van der Waals surface area contributed by atoms with Crippen LogP contribution < -0.4 is 5.56 Å². The van der Waals surface area contributed by atoms with Gasteiger partial charge >= 0.3 is 0 Å². The van der Waals surface area contributed by atoms with Gasteiger partial charge in [0, 0.05) is 6.20 Å². The molecular weight excluding hydrogens is 388 g/mol. The van der Waals surface area contributed by atoms with Gasteiger partial charge in [0.25, 0.3) is 5.56 Å². The van der Waals surface area contributed by atoms with Gasteiger partial charge in [-0.3, -0.25) is 4.79 Å². The smallest absolute Gasteiger partial charge is 0.265 e. The normalized spacial score (nSPS) is 11.2. The molecule has 0 atom stereocenters. The highest BCUT2D eigenvalue weighted by molar-refractivity contribution is 9.10. The number of hydrogen-bond donors (Lipinski definition) is 0. The highest BCUT2D eigenvalue weighted by atomic mass is 79.9. The number of benzene rings is 2. The van der Waals surface area contributed by atoms with Crippen LogP contribution in [0, 0.1) is 11.6 Å². The van der Waals surface area contributed by atoms with Gasteiger partial charge in [0.2, 0.25) is 0 Å². The van der Waals surface area contributed by atoms with Crippen molar-refractivity contribution in [2.45, 2.75) is 6.54 Å². The second kappa shape index (κ2) is 7.57. The highest BCUT2D eigenvalue weighted by Crippen LogP contribution is 2.16. The molecule has 0 aliphatic carbocycles. The first kappa shape index (κ1) is 17.3. The lowest BCUT2D eigenvalue weighted by molar-refractivity contribution is 0.622. The zero-order chi connectivity index (χ0) is 17.8. The first-order valence-corrected chi connectivity index (χ1v) is 8.39. The summed E-state index contributed by atoms with van der Waals surface area (Å²) in [6.45, 7) is 0.289. The molecule has 0 saturated carbocycles. The van der Waals surface area contributed by atoms with Crippen molar-refractivity contribution >= 4 is 28.1 Å². The summed E-state index contributed by atoms with van der Waals surface area (Å²) >= 11 is 3.33. The summed E-state index contributed by atoms with van der Waals surface area (Å²) in [6, 6.07) is 14.0. The van der Waals surface area contributed by atoms with Crippen LogP contribution in [0.2, 0.25) is 0 Å². The van der Waals surface area contributed by atoms with Gasteiger partial charge in [0.15, 0.2) is 0 Å². The molecule has 0 aliphatic heterocycles. The SMILES string of the molecule is O=c1c(Br)c(C=Cc2ccc(F)cc2)ccn1Cc1cccc(F)c1. The molecule has 1 aromatic heterocycles. The Morgan fingerprint density at radius 3 is 2.44 bits per heavy atom. The first-order chi connectivity index (χ1) is 12.0. The summed E-state index contributed by atoms with van der Waals surface area (Å²) in [5, 5.41) is 0. The Bertz CT molecular complexity index is 978.